The molecule has 214 valence electrons. The van der Waals surface area contributed by atoms with Crippen LogP contribution >= 0.6 is 0 Å². The molecule has 1 fully saturated rings. The van der Waals surface area contributed by atoms with E-state index in [0.29, 0.717) is 12.0 Å². The van der Waals surface area contributed by atoms with Gasteiger partial charge in [0, 0.05) is 5.92 Å². The monoisotopic (exact) mass is 557 g/mol. The molecular weight excluding hydrogens is 525 g/mol. The number of H-pyrrole nitrogens is 1. The van der Waals surface area contributed by atoms with Crippen LogP contribution in [0.1, 0.15) is 60.5 Å². The van der Waals surface area contributed by atoms with Gasteiger partial charge in [-0.15, -0.1) is 0 Å². The number of hydrogen-bond donors (Lipinski definition) is 2. The first-order valence-electron chi connectivity index (χ1n) is 12.9. The van der Waals surface area contributed by atoms with E-state index in [4.69, 9.17) is 14.2 Å². The largest absolute Gasteiger partial charge is 0.454 e. The molecule has 1 saturated heterocycles. The normalized spacial score (nSPS) is 20.6. The Bertz CT molecular complexity index is 1490. The van der Waals surface area contributed by atoms with Crippen molar-refractivity contribution in [1.29, 1.82) is 0 Å². The first-order chi connectivity index (χ1) is 18.9. The van der Waals surface area contributed by atoms with Gasteiger partial charge in [-0.1, -0.05) is 20.8 Å². The van der Waals surface area contributed by atoms with Crippen molar-refractivity contribution in [2.24, 2.45) is 5.92 Å². The number of nitrogens with one attached hydrogen (secondary N) is 2. The Morgan fingerprint density at radius 2 is 1.88 bits per heavy atom. The number of carbonyl (C=O) groups is 3. The van der Waals surface area contributed by atoms with Crippen molar-refractivity contribution in [3.05, 3.63) is 51.1 Å². The maximum atomic E-state index is 15.7. The Morgan fingerprint density at radius 3 is 2.50 bits per heavy atom. The Hall–Kier alpha value is -4.13. The fourth-order valence-corrected chi connectivity index (χ4v) is 4.37. The van der Waals surface area contributed by atoms with Crippen LogP contribution in [0.5, 0.6) is 0 Å². The van der Waals surface area contributed by atoms with Crippen LogP contribution in [0.2, 0.25) is 0 Å². The molecule has 1 aromatic carbocycles. The highest BCUT2D eigenvalue weighted by molar-refractivity contribution is 5.92. The van der Waals surface area contributed by atoms with Gasteiger partial charge < -0.3 is 14.2 Å². The first kappa shape index (κ1) is 28.9. The second kappa shape index (κ2) is 11.5. The second-order valence-electron chi connectivity index (χ2n) is 10.1. The minimum absolute atomic E-state index is 0.0186. The van der Waals surface area contributed by atoms with Gasteiger partial charge in [0.1, 0.15) is 6.10 Å². The smallest absolute Gasteiger partial charge is 0.344 e. The number of carbonyl (C=O) groups excluding carboxylic acids is 3. The van der Waals surface area contributed by atoms with E-state index in [1.54, 1.807) is 32.9 Å². The highest BCUT2D eigenvalue weighted by Crippen LogP contribution is 2.36. The Balaban J connectivity index is 1.48. The first-order valence-corrected chi connectivity index (χ1v) is 12.9. The summed E-state index contributed by atoms with van der Waals surface area (Å²) in [5.41, 5.74) is 2.43. The average Bonchev–Trinajstić information content (AvgIpc) is 3.46. The SMILES string of the molecule is CCC1OC(n2cnc3c(=O)[nH]c(NC(=O)C(C)C)nc32)C(F)C1OC(=O)COC(=O)c1cc(C)c(C)c(C)c1. The number of esters is 2. The van der Waals surface area contributed by atoms with Crippen LogP contribution in [0.15, 0.2) is 23.3 Å². The zero-order chi connectivity index (χ0) is 29.3. The topological polar surface area (TPSA) is 154 Å². The molecule has 2 N–H and O–H groups in total. The van der Waals surface area contributed by atoms with E-state index in [0.717, 1.165) is 16.7 Å². The van der Waals surface area contributed by atoms with E-state index >= 15 is 4.39 Å². The van der Waals surface area contributed by atoms with Crippen molar-refractivity contribution < 1.29 is 33.0 Å². The van der Waals surface area contributed by atoms with Crippen LogP contribution in [0.4, 0.5) is 10.3 Å². The van der Waals surface area contributed by atoms with E-state index in [2.05, 4.69) is 20.3 Å². The third-order valence-electron chi connectivity index (χ3n) is 6.89. The molecule has 4 atom stereocenters. The van der Waals surface area contributed by atoms with Crippen molar-refractivity contribution in [2.75, 3.05) is 11.9 Å². The number of anilines is 1. The Labute approximate surface area is 229 Å². The highest BCUT2D eigenvalue weighted by Gasteiger charge is 2.48. The lowest BCUT2D eigenvalue weighted by Gasteiger charge is -2.18. The van der Waals surface area contributed by atoms with Gasteiger partial charge in [-0.3, -0.25) is 24.5 Å². The average molecular weight is 558 g/mol. The van der Waals surface area contributed by atoms with E-state index in [-0.39, 0.29) is 28.9 Å². The van der Waals surface area contributed by atoms with Gasteiger partial charge in [0.15, 0.2) is 36.3 Å². The number of hydrogen-bond acceptors (Lipinski definition) is 9. The summed E-state index contributed by atoms with van der Waals surface area (Å²) < 4.78 is 33.2. The van der Waals surface area contributed by atoms with E-state index in [1.807, 2.05) is 20.8 Å². The molecule has 2 aromatic heterocycles. The summed E-state index contributed by atoms with van der Waals surface area (Å²) in [5.74, 6) is -2.51. The van der Waals surface area contributed by atoms with Crippen LogP contribution in [-0.2, 0) is 23.8 Å². The molecule has 4 rings (SSSR count). The Morgan fingerprint density at radius 1 is 1.20 bits per heavy atom. The number of benzene rings is 1. The van der Waals surface area contributed by atoms with Crippen molar-refractivity contribution in [1.82, 2.24) is 19.5 Å². The predicted octanol–water partition coefficient (Wildman–Crippen LogP) is 3.05. The summed E-state index contributed by atoms with van der Waals surface area (Å²) in [4.78, 5) is 60.3. The lowest BCUT2D eigenvalue weighted by atomic mass is 10.0. The molecule has 1 aliphatic rings. The van der Waals surface area contributed by atoms with Crippen LogP contribution in [0.25, 0.3) is 11.2 Å². The summed E-state index contributed by atoms with van der Waals surface area (Å²) in [7, 11) is 0. The van der Waals surface area contributed by atoms with Crippen LogP contribution in [0.3, 0.4) is 0 Å². The number of aryl methyl sites for hydroxylation is 2. The number of amides is 1. The van der Waals surface area contributed by atoms with Gasteiger partial charge >= 0.3 is 11.9 Å². The molecule has 3 aromatic rings. The lowest BCUT2D eigenvalue weighted by Crippen LogP contribution is -2.35. The van der Waals surface area contributed by atoms with Crippen LogP contribution in [-0.4, -0.2) is 62.4 Å². The quantitative estimate of drug-likeness (QED) is 0.398. The number of aromatic nitrogens is 4. The molecule has 3 heterocycles. The zero-order valence-electron chi connectivity index (χ0n) is 23.1. The molecular formula is C27H32FN5O7. The minimum Gasteiger partial charge on any atom is -0.454 e. The van der Waals surface area contributed by atoms with Gasteiger partial charge in [0.25, 0.3) is 5.56 Å². The molecule has 40 heavy (non-hydrogen) atoms. The third kappa shape index (κ3) is 5.74. The van der Waals surface area contributed by atoms with E-state index < -0.39 is 48.7 Å². The molecule has 0 radical (unpaired) electrons. The number of alkyl halides is 1. The van der Waals surface area contributed by atoms with Gasteiger partial charge in [-0.05, 0) is 56.0 Å². The van der Waals surface area contributed by atoms with Gasteiger partial charge in [0.2, 0.25) is 11.9 Å². The van der Waals surface area contributed by atoms with Crippen molar-refractivity contribution in [3.63, 3.8) is 0 Å². The number of halogens is 1. The molecule has 12 nitrogen and oxygen atoms in total. The molecule has 1 amide bonds. The number of ether oxygens (including phenoxy) is 3. The molecule has 0 spiro atoms. The zero-order valence-corrected chi connectivity index (χ0v) is 23.1. The number of nitrogens with zero attached hydrogens (tertiary/aromatic N) is 3. The maximum absolute atomic E-state index is 15.7. The van der Waals surface area contributed by atoms with E-state index in [9.17, 15) is 19.2 Å². The third-order valence-corrected chi connectivity index (χ3v) is 6.89. The predicted molar refractivity (Wildman–Crippen MR) is 142 cm³/mol. The molecule has 4 unspecified atom stereocenters. The van der Waals surface area contributed by atoms with Crippen LogP contribution < -0.4 is 10.9 Å². The second-order valence-corrected chi connectivity index (χ2v) is 10.1. The molecule has 0 aliphatic carbocycles. The molecule has 0 saturated carbocycles. The minimum atomic E-state index is -1.86. The summed E-state index contributed by atoms with van der Waals surface area (Å²) in [5, 5.41) is 2.50. The summed E-state index contributed by atoms with van der Waals surface area (Å²) in [6.45, 7) is 10.1. The van der Waals surface area contributed by atoms with Gasteiger partial charge in [-0.2, -0.15) is 4.98 Å². The number of fused-ring (bicyclic) bond motifs is 1. The maximum Gasteiger partial charge on any atom is 0.344 e. The van der Waals surface area contributed by atoms with Crippen molar-refractivity contribution in [3.8, 4) is 0 Å². The Kier molecular flexibility index (Phi) is 8.33. The standard InChI is InChI=1S/C27H32FN5O7/c1-7-17-21(40-18(34)10-38-26(37)16-8-13(4)15(6)14(5)9-16)19(28)25(39-17)33-11-29-20-22(33)30-27(32-24(20)36)31-23(35)12(2)3/h8-9,11-12,17,19,21,25H,7,10H2,1-6H3,(H2,30,31,32,35,36). The number of aromatic amines is 1. The van der Waals surface area contributed by atoms with Gasteiger partial charge in [0.05, 0.1) is 11.9 Å². The lowest BCUT2D eigenvalue weighted by molar-refractivity contribution is -0.157. The molecule has 13 heteroatoms. The number of rotatable bonds is 8. The number of imidazole rings is 1. The molecule has 1 aliphatic heterocycles. The van der Waals surface area contributed by atoms with Gasteiger partial charge in [-0.25, -0.2) is 19.0 Å². The highest BCUT2D eigenvalue weighted by atomic mass is 19.1. The van der Waals surface area contributed by atoms with E-state index in [1.165, 1.54) is 10.9 Å². The molecule has 0 bridgehead atoms. The fourth-order valence-electron chi connectivity index (χ4n) is 4.37. The van der Waals surface area contributed by atoms with Crippen LogP contribution in [0, 0.1) is 26.7 Å². The van der Waals surface area contributed by atoms with Crippen molar-refractivity contribution >= 4 is 35.0 Å². The summed E-state index contributed by atoms with van der Waals surface area (Å²) >= 11 is 0. The van der Waals surface area contributed by atoms with Crippen molar-refractivity contribution in [2.45, 2.75) is 72.6 Å². The summed E-state index contributed by atoms with van der Waals surface area (Å²) in [6.07, 6.45) is -3.84. The fraction of sp³-hybridized carbons (Fsp3) is 0.481. The summed E-state index contributed by atoms with van der Waals surface area (Å²) in [6, 6.07) is 3.34.